The molecule has 0 bridgehead atoms. The Kier molecular flexibility index (Phi) is 5.44. The van der Waals surface area contributed by atoms with Crippen molar-refractivity contribution in [2.45, 2.75) is 18.8 Å². The van der Waals surface area contributed by atoms with Gasteiger partial charge in [0.05, 0.1) is 5.82 Å². The van der Waals surface area contributed by atoms with E-state index in [0.29, 0.717) is 5.56 Å². The summed E-state index contributed by atoms with van der Waals surface area (Å²) in [6.07, 6.45) is 0. The number of alkyl halides is 4. The van der Waals surface area contributed by atoms with Crippen molar-refractivity contribution in [3.63, 3.8) is 0 Å². The second kappa shape index (κ2) is 7.06. The molecule has 0 fully saturated rings. The van der Waals surface area contributed by atoms with Crippen molar-refractivity contribution < 1.29 is 37.7 Å². The van der Waals surface area contributed by atoms with Crippen LogP contribution in [-0.4, -0.2) is 20.7 Å². The Morgan fingerprint density at radius 1 is 0.920 bits per heavy atom. The van der Waals surface area contributed by atoms with Crippen LogP contribution in [0.15, 0.2) is 54.6 Å². The van der Waals surface area contributed by atoms with Crippen LogP contribution in [0.2, 0.25) is 0 Å². The number of rotatable bonds is 4. The van der Waals surface area contributed by atoms with Crippen molar-refractivity contribution in [3.05, 3.63) is 66.5 Å². The molecule has 3 aromatic rings. The van der Waals surface area contributed by atoms with Crippen LogP contribution in [0.3, 0.4) is 0 Å². The summed E-state index contributed by atoms with van der Waals surface area (Å²) >= 11 is 0. The van der Waals surface area contributed by atoms with E-state index >= 15 is 0 Å². The van der Waals surface area contributed by atoms with Crippen molar-refractivity contribution in [2.24, 2.45) is 0 Å². The van der Waals surface area contributed by atoms with Crippen LogP contribution in [0, 0.1) is 6.07 Å². The maximum Gasteiger partial charge on any atom is 0.367 e. The second-order valence-corrected chi connectivity index (χ2v) is 5.26. The molecule has 0 aliphatic carbocycles. The maximum atomic E-state index is 14.3. The van der Waals surface area contributed by atoms with E-state index in [9.17, 15) is 17.6 Å². The predicted octanol–water partition coefficient (Wildman–Crippen LogP) is 4.48. The minimum atomic E-state index is -4.48. The second-order valence-electron chi connectivity index (χ2n) is 5.26. The molecule has 0 amide bonds. The van der Waals surface area contributed by atoms with Crippen LogP contribution in [-0.2, 0) is 26.0 Å². The molecule has 3 nitrogen and oxygen atoms in total. The zero-order valence-corrected chi connectivity index (χ0v) is 15.3. The number of halogens is 4. The molecule has 0 spiro atoms. The predicted molar refractivity (Wildman–Crippen MR) is 80.1 cm³/mol. The smallest absolute Gasteiger partial charge is 0.315 e. The van der Waals surface area contributed by atoms with Crippen LogP contribution >= 0.6 is 0 Å². The molecule has 8 heteroatoms. The third-order valence-electron chi connectivity index (χ3n) is 3.46. The summed E-state index contributed by atoms with van der Waals surface area (Å²) in [5.41, 5.74) is 0.629. The van der Waals surface area contributed by atoms with Crippen molar-refractivity contribution in [1.29, 1.82) is 0 Å². The van der Waals surface area contributed by atoms with Crippen molar-refractivity contribution in [1.82, 2.24) is 14.8 Å². The number of hydrogen-bond donors (Lipinski definition) is 0. The Morgan fingerprint density at radius 2 is 1.56 bits per heavy atom. The van der Waals surface area contributed by atoms with E-state index < -0.39 is 17.7 Å². The number of para-hydroxylation sites is 1. The summed E-state index contributed by atoms with van der Waals surface area (Å²) in [6, 6.07) is 17.3. The van der Waals surface area contributed by atoms with Gasteiger partial charge in [-0.3, -0.25) is 0 Å². The Bertz CT molecular complexity index is 830. The SMILES string of the molecule is CC(F)(F)C(F)(F)c1nnc(-c2[c-]cccc2)n1-c1ccccc1.[Ir]. The van der Waals surface area contributed by atoms with Gasteiger partial charge >= 0.3 is 11.8 Å². The first-order valence-electron chi connectivity index (χ1n) is 7.06. The summed E-state index contributed by atoms with van der Waals surface area (Å²) in [6.45, 7) is 0.158. The average Bonchev–Trinajstić information content (AvgIpc) is 3.01. The van der Waals surface area contributed by atoms with Gasteiger partial charge in [0, 0.05) is 32.7 Å². The van der Waals surface area contributed by atoms with Crippen molar-refractivity contribution in [2.75, 3.05) is 0 Å². The Morgan fingerprint density at radius 3 is 2.12 bits per heavy atom. The normalized spacial score (nSPS) is 11.9. The molecule has 0 saturated heterocycles. The van der Waals surface area contributed by atoms with Gasteiger partial charge in [0.15, 0.2) is 0 Å². The molecule has 0 saturated carbocycles. The molecule has 0 aliphatic heterocycles. The molecule has 133 valence electrons. The fourth-order valence-electron chi connectivity index (χ4n) is 2.21. The van der Waals surface area contributed by atoms with Crippen LogP contribution in [0.4, 0.5) is 17.6 Å². The molecule has 1 aromatic heterocycles. The maximum absolute atomic E-state index is 14.3. The number of benzene rings is 2. The zero-order valence-electron chi connectivity index (χ0n) is 12.9. The fourth-order valence-corrected chi connectivity index (χ4v) is 2.21. The first kappa shape index (κ1) is 19.3. The van der Waals surface area contributed by atoms with Gasteiger partial charge in [-0.15, -0.1) is 41.0 Å². The zero-order chi connectivity index (χ0) is 17.4. The molecule has 0 atom stereocenters. The molecule has 2 aromatic carbocycles. The topological polar surface area (TPSA) is 30.7 Å². The molecule has 25 heavy (non-hydrogen) atoms. The van der Waals surface area contributed by atoms with E-state index in [4.69, 9.17) is 0 Å². The summed E-state index contributed by atoms with van der Waals surface area (Å²) in [5.74, 6) is -9.87. The first-order valence-corrected chi connectivity index (χ1v) is 7.06. The van der Waals surface area contributed by atoms with Crippen LogP contribution in [0.5, 0.6) is 0 Å². The fraction of sp³-hybridized carbons (Fsp3) is 0.176. The van der Waals surface area contributed by atoms with Gasteiger partial charge in [0.25, 0.3) is 0 Å². The monoisotopic (exact) mass is 527 g/mol. The Hall–Kier alpha value is -2.05. The third-order valence-corrected chi connectivity index (χ3v) is 3.46. The molecule has 1 heterocycles. The van der Waals surface area contributed by atoms with E-state index in [2.05, 4.69) is 16.3 Å². The molecule has 0 unspecified atom stereocenters. The van der Waals surface area contributed by atoms with E-state index in [-0.39, 0.29) is 38.5 Å². The number of nitrogens with zero attached hydrogens (tertiary/aromatic N) is 3. The average molecular weight is 527 g/mol. The van der Waals surface area contributed by atoms with Crippen molar-refractivity contribution >= 4 is 0 Å². The minimum Gasteiger partial charge on any atom is -0.315 e. The molecule has 0 aliphatic rings. The summed E-state index contributed by atoms with van der Waals surface area (Å²) in [7, 11) is 0. The van der Waals surface area contributed by atoms with E-state index in [1.807, 2.05) is 0 Å². The van der Waals surface area contributed by atoms with Crippen molar-refractivity contribution in [3.8, 4) is 17.1 Å². The Labute approximate surface area is 155 Å². The van der Waals surface area contributed by atoms with Gasteiger partial charge in [0.1, 0.15) is 0 Å². The van der Waals surface area contributed by atoms with E-state index in [1.165, 1.54) is 12.1 Å². The summed E-state index contributed by atoms with van der Waals surface area (Å²) in [4.78, 5) is 0. The number of aromatic nitrogens is 3. The van der Waals surface area contributed by atoms with Gasteiger partial charge in [-0.1, -0.05) is 18.2 Å². The molecule has 0 N–H and O–H groups in total. The van der Waals surface area contributed by atoms with Gasteiger partial charge in [-0.05, 0) is 12.1 Å². The van der Waals surface area contributed by atoms with Gasteiger partial charge in [-0.2, -0.15) is 22.7 Å². The summed E-state index contributed by atoms with van der Waals surface area (Å²) in [5, 5.41) is 7.08. The Balaban J connectivity index is 0.00000225. The third kappa shape index (κ3) is 3.50. The van der Waals surface area contributed by atoms with E-state index in [1.54, 1.807) is 42.5 Å². The first-order chi connectivity index (χ1) is 11.3. The number of hydrogen-bond acceptors (Lipinski definition) is 2. The quantitative estimate of drug-likeness (QED) is 0.371. The van der Waals surface area contributed by atoms with Gasteiger partial charge in [0.2, 0.25) is 5.82 Å². The minimum absolute atomic E-state index is 0. The molecule has 3 rings (SSSR count). The molecule has 1 radical (unpaired) electrons. The van der Waals surface area contributed by atoms with E-state index in [0.717, 1.165) is 4.57 Å². The van der Waals surface area contributed by atoms with Gasteiger partial charge < -0.3 is 4.57 Å². The molecular weight excluding hydrogens is 514 g/mol. The standard InChI is InChI=1S/C17H12F4N3.Ir/c1-16(18,19)17(20,21)15-23-22-14(12-8-4-2-5-9-12)24(15)13-10-6-3-7-11-13;/h2-8,10-11H,1H3;/q-1;. The van der Waals surface area contributed by atoms with Crippen LogP contribution in [0.25, 0.3) is 17.1 Å². The largest absolute Gasteiger partial charge is 0.367 e. The molecular formula is C17H12F4IrN3-. The van der Waals surface area contributed by atoms with Gasteiger partial charge in [-0.25, -0.2) is 0 Å². The summed E-state index contributed by atoms with van der Waals surface area (Å²) < 4.78 is 56.4. The van der Waals surface area contributed by atoms with Crippen LogP contribution in [0.1, 0.15) is 12.7 Å². The van der Waals surface area contributed by atoms with Crippen LogP contribution < -0.4 is 0 Å².